The fourth-order valence-electron chi connectivity index (χ4n) is 4.86. The van der Waals surface area contributed by atoms with E-state index in [1.807, 2.05) is 37.3 Å². The second-order valence-corrected chi connectivity index (χ2v) is 13.0. The van der Waals surface area contributed by atoms with Crippen LogP contribution in [0, 0.1) is 5.92 Å². The van der Waals surface area contributed by atoms with Gasteiger partial charge in [0.1, 0.15) is 23.7 Å². The molecule has 2 aromatic heterocycles. The zero-order valence-electron chi connectivity index (χ0n) is 23.2. The normalized spacial score (nSPS) is 28.5. The molecule has 0 radical (unpaired) electrons. The van der Waals surface area contributed by atoms with E-state index >= 15 is 0 Å². The molecule has 2 saturated heterocycles. The Bertz CT molecular complexity index is 1440. The molecule has 5 rings (SSSR count). The van der Waals surface area contributed by atoms with E-state index in [1.54, 1.807) is 25.3 Å². The van der Waals surface area contributed by atoms with E-state index in [0.717, 1.165) is 5.56 Å². The van der Waals surface area contributed by atoms with Gasteiger partial charge in [-0.15, -0.1) is 11.6 Å². The lowest BCUT2D eigenvalue weighted by Gasteiger charge is -2.36. The van der Waals surface area contributed by atoms with E-state index in [0.29, 0.717) is 24.2 Å². The Morgan fingerprint density at radius 1 is 1.32 bits per heavy atom. The maximum absolute atomic E-state index is 13.9. The molecule has 0 unspecified atom stereocenters. The lowest BCUT2D eigenvalue weighted by atomic mass is 10.0. The molecule has 15 heteroatoms. The van der Waals surface area contributed by atoms with Crippen LogP contribution in [0.4, 0.5) is 5.95 Å². The number of alkyl halides is 1. The second-order valence-electron chi connectivity index (χ2n) is 10.4. The van der Waals surface area contributed by atoms with Gasteiger partial charge in [0, 0.05) is 0 Å². The quantitative estimate of drug-likeness (QED) is 0.196. The number of ether oxygens (including phenoxy) is 3. The molecule has 0 bridgehead atoms. The van der Waals surface area contributed by atoms with Gasteiger partial charge in [-0.2, -0.15) is 9.97 Å². The summed E-state index contributed by atoms with van der Waals surface area (Å²) in [6, 6.07) is 9.01. The number of esters is 1. The number of benzene rings is 1. The van der Waals surface area contributed by atoms with E-state index in [9.17, 15) is 9.36 Å². The minimum atomic E-state index is -3.91. The second kappa shape index (κ2) is 11.8. The third-order valence-electron chi connectivity index (χ3n) is 6.85. The molecule has 13 nitrogen and oxygen atoms in total. The number of rotatable bonds is 10. The van der Waals surface area contributed by atoms with Crippen molar-refractivity contribution >= 4 is 42.4 Å². The van der Waals surface area contributed by atoms with E-state index < -0.39 is 37.1 Å². The minimum Gasteiger partial charge on any atom is -0.476 e. The largest absolute Gasteiger partial charge is 0.476 e. The van der Waals surface area contributed by atoms with Gasteiger partial charge in [-0.1, -0.05) is 44.2 Å². The lowest BCUT2D eigenvalue weighted by Crippen LogP contribution is -2.47. The predicted molar refractivity (Wildman–Crippen MR) is 150 cm³/mol. The zero-order valence-corrected chi connectivity index (χ0v) is 24.9. The predicted octanol–water partition coefficient (Wildman–Crippen LogP) is 3.63. The fourth-order valence-corrected chi connectivity index (χ4v) is 7.07. The van der Waals surface area contributed by atoms with Crippen LogP contribution in [0.5, 0.6) is 5.88 Å². The Morgan fingerprint density at radius 2 is 2.07 bits per heavy atom. The number of nitrogen functional groups attached to an aromatic ring is 1. The first-order valence-electron chi connectivity index (χ1n) is 13.4. The van der Waals surface area contributed by atoms with Gasteiger partial charge < -0.3 is 19.9 Å². The summed E-state index contributed by atoms with van der Waals surface area (Å²) < 4.78 is 44.7. The standard InChI is InChI=1S/C26H34ClN6O7P/c1-5-36-22-19-21(30-25(28)31-22)33(14-29-19)24-26(4,27)20-18(39-24)13-38-41(35,40-20)32-17(12-37-23(34)15(2)3)11-16-9-7-6-8-10-16/h6-10,14-15,17-18,20,24H,5,11-13H2,1-4H3,(H,32,35)(H2,28,30,31)/t17-,18-,20-,24-,26-,41-/m1/s1. The monoisotopic (exact) mass is 608 g/mol. The van der Waals surface area contributed by atoms with E-state index in [1.165, 1.54) is 6.33 Å². The van der Waals surface area contributed by atoms with Crippen LogP contribution >= 0.6 is 19.3 Å². The molecule has 41 heavy (non-hydrogen) atoms. The van der Waals surface area contributed by atoms with Crippen LogP contribution in [0.15, 0.2) is 36.7 Å². The van der Waals surface area contributed by atoms with Crippen molar-refractivity contribution < 1.29 is 32.6 Å². The molecule has 2 fully saturated rings. The first-order chi connectivity index (χ1) is 19.5. The van der Waals surface area contributed by atoms with E-state index in [-0.39, 0.29) is 36.9 Å². The molecule has 0 amide bonds. The van der Waals surface area contributed by atoms with Crippen molar-refractivity contribution in [2.24, 2.45) is 5.92 Å². The Morgan fingerprint density at radius 3 is 2.78 bits per heavy atom. The minimum absolute atomic E-state index is 0.00491. The summed E-state index contributed by atoms with van der Waals surface area (Å²) in [6.07, 6.45) is -0.365. The zero-order chi connectivity index (χ0) is 29.4. The van der Waals surface area contributed by atoms with Gasteiger partial charge in [0.2, 0.25) is 11.8 Å². The van der Waals surface area contributed by atoms with Crippen molar-refractivity contribution in [1.29, 1.82) is 0 Å². The van der Waals surface area contributed by atoms with Gasteiger partial charge in [0.05, 0.1) is 31.5 Å². The molecule has 0 spiro atoms. The molecular formula is C26H34ClN6O7P. The summed E-state index contributed by atoms with van der Waals surface area (Å²) in [5, 5.41) is 2.98. The highest BCUT2D eigenvalue weighted by Crippen LogP contribution is 2.58. The van der Waals surface area contributed by atoms with Crippen molar-refractivity contribution in [3.8, 4) is 5.88 Å². The number of nitrogens with two attached hydrogens (primary N) is 1. The number of carbonyl (C=O) groups is 1. The van der Waals surface area contributed by atoms with Crippen LogP contribution < -0.4 is 15.6 Å². The van der Waals surface area contributed by atoms with Crippen molar-refractivity contribution in [2.45, 2.75) is 63.5 Å². The summed E-state index contributed by atoms with van der Waals surface area (Å²) in [6.45, 7) is 7.33. The van der Waals surface area contributed by atoms with E-state index in [2.05, 4.69) is 20.0 Å². The van der Waals surface area contributed by atoms with Gasteiger partial charge in [-0.05, 0) is 25.8 Å². The van der Waals surface area contributed by atoms with Gasteiger partial charge in [0.25, 0.3) is 0 Å². The Hall–Kier alpha value is -2.80. The highest BCUT2D eigenvalue weighted by Gasteiger charge is 2.60. The van der Waals surface area contributed by atoms with Crippen LogP contribution in [0.25, 0.3) is 11.2 Å². The molecule has 0 aliphatic carbocycles. The Kier molecular flexibility index (Phi) is 8.56. The number of hydrogen-bond donors (Lipinski definition) is 2. The number of hydrogen-bond acceptors (Lipinski definition) is 11. The number of halogens is 1. The van der Waals surface area contributed by atoms with Crippen molar-refractivity contribution in [3.63, 3.8) is 0 Å². The van der Waals surface area contributed by atoms with Crippen molar-refractivity contribution in [1.82, 2.24) is 24.6 Å². The third-order valence-corrected chi connectivity index (χ3v) is 8.92. The number of imidazole rings is 1. The number of nitrogens with one attached hydrogen (secondary N) is 1. The molecule has 2 aliphatic heterocycles. The molecule has 6 atom stereocenters. The molecule has 1 aromatic carbocycles. The first kappa shape index (κ1) is 29.7. The molecule has 222 valence electrons. The molecule has 4 heterocycles. The average molecular weight is 609 g/mol. The van der Waals surface area contributed by atoms with Crippen LogP contribution in [-0.2, 0) is 34.3 Å². The number of aromatic nitrogens is 4. The van der Waals surface area contributed by atoms with Gasteiger partial charge in [-0.3, -0.25) is 18.4 Å². The highest BCUT2D eigenvalue weighted by atomic mass is 35.5. The van der Waals surface area contributed by atoms with Crippen molar-refractivity contribution in [3.05, 3.63) is 42.2 Å². The molecule has 2 aliphatic rings. The topological polar surface area (TPSA) is 162 Å². The first-order valence-corrected chi connectivity index (χ1v) is 15.3. The average Bonchev–Trinajstić information content (AvgIpc) is 3.45. The third kappa shape index (κ3) is 6.20. The molecular weight excluding hydrogens is 575 g/mol. The summed E-state index contributed by atoms with van der Waals surface area (Å²) >= 11 is 7.09. The lowest BCUT2D eigenvalue weighted by molar-refractivity contribution is -0.148. The molecule has 3 aromatic rings. The van der Waals surface area contributed by atoms with Crippen molar-refractivity contribution in [2.75, 3.05) is 25.6 Å². The van der Waals surface area contributed by atoms with Gasteiger partial charge in [-0.25, -0.2) is 14.6 Å². The maximum atomic E-state index is 13.9. The fraction of sp³-hybridized carbons (Fsp3) is 0.538. The van der Waals surface area contributed by atoms with Crippen LogP contribution in [0.2, 0.25) is 0 Å². The van der Waals surface area contributed by atoms with Crippen LogP contribution in [0.1, 0.15) is 39.5 Å². The SMILES string of the molecule is CCOc1nc(N)nc2c1ncn2[C@@H]1O[C@@H]2CO[P@](=O)(N[C@@H](COC(=O)C(C)C)Cc3ccccc3)O[C@H]2[C@@]1(C)Cl. The summed E-state index contributed by atoms with van der Waals surface area (Å²) in [5.74, 6) is -0.416. The number of anilines is 1. The highest BCUT2D eigenvalue weighted by molar-refractivity contribution is 7.51. The number of nitrogens with zero attached hydrogens (tertiary/aromatic N) is 4. The van der Waals surface area contributed by atoms with Gasteiger partial charge in [0.15, 0.2) is 17.4 Å². The summed E-state index contributed by atoms with van der Waals surface area (Å²) in [5.41, 5.74) is 7.65. The van der Waals surface area contributed by atoms with E-state index in [4.69, 9.17) is 40.6 Å². The van der Waals surface area contributed by atoms with Gasteiger partial charge >= 0.3 is 13.7 Å². The number of fused-ring (bicyclic) bond motifs is 2. The summed E-state index contributed by atoms with van der Waals surface area (Å²) in [4.78, 5) is 23.8. The van der Waals surface area contributed by atoms with Crippen LogP contribution in [-0.4, -0.2) is 68.4 Å². The smallest absolute Gasteiger partial charge is 0.406 e. The Labute approximate surface area is 242 Å². The summed E-state index contributed by atoms with van der Waals surface area (Å²) in [7, 11) is -3.91. The Balaban J connectivity index is 1.37. The molecule has 3 N–H and O–H groups in total. The van der Waals surface area contributed by atoms with Crippen LogP contribution in [0.3, 0.4) is 0 Å². The molecule has 0 saturated carbocycles. The number of carbonyl (C=O) groups excluding carboxylic acids is 1. The maximum Gasteiger partial charge on any atom is 0.406 e.